The summed E-state index contributed by atoms with van der Waals surface area (Å²) in [6.45, 7) is 8.41. The number of hydrogen-bond donors (Lipinski definition) is 1. The summed E-state index contributed by atoms with van der Waals surface area (Å²) in [4.78, 5) is 6.88. The van der Waals surface area contributed by atoms with Gasteiger partial charge in [0.25, 0.3) is 0 Å². The Bertz CT molecular complexity index is 369. The van der Waals surface area contributed by atoms with Gasteiger partial charge in [-0.1, -0.05) is 19.0 Å². The lowest BCUT2D eigenvalue weighted by atomic mass is 9.93. The van der Waals surface area contributed by atoms with Crippen molar-refractivity contribution in [2.24, 2.45) is 5.92 Å². The summed E-state index contributed by atoms with van der Waals surface area (Å²) < 4.78 is 5.25. The van der Waals surface area contributed by atoms with Gasteiger partial charge in [0, 0.05) is 5.92 Å². The van der Waals surface area contributed by atoms with Crippen LogP contribution in [-0.2, 0) is 6.54 Å². The van der Waals surface area contributed by atoms with Crippen LogP contribution in [0.25, 0.3) is 0 Å². The third-order valence-electron chi connectivity index (χ3n) is 3.85. The molecule has 1 N–H and O–H groups in total. The van der Waals surface area contributed by atoms with Crippen LogP contribution in [0.5, 0.6) is 0 Å². The SMILES string of the molecule is CNCCC1CCN(Cc2noc(C(C)C)n2)CC1. The van der Waals surface area contributed by atoms with Gasteiger partial charge >= 0.3 is 0 Å². The molecule has 0 spiro atoms. The normalized spacial score (nSPS) is 18.3. The lowest BCUT2D eigenvalue weighted by Crippen LogP contribution is -2.34. The Morgan fingerprint density at radius 3 is 2.68 bits per heavy atom. The van der Waals surface area contributed by atoms with E-state index in [1.54, 1.807) is 0 Å². The van der Waals surface area contributed by atoms with E-state index in [9.17, 15) is 0 Å². The molecule has 0 bridgehead atoms. The molecule has 1 aromatic heterocycles. The van der Waals surface area contributed by atoms with Gasteiger partial charge in [-0.2, -0.15) is 4.98 Å². The fourth-order valence-electron chi connectivity index (χ4n) is 2.55. The zero-order valence-electron chi connectivity index (χ0n) is 12.4. The van der Waals surface area contributed by atoms with Crippen LogP contribution in [0.2, 0.25) is 0 Å². The third-order valence-corrected chi connectivity index (χ3v) is 3.85. The van der Waals surface area contributed by atoms with Crippen molar-refractivity contribution in [2.45, 2.75) is 45.6 Å². The van der Waals surface area contributed by atoms with Gasteiger partial charge < -0.3 is 9.84 Å². The highest BCUT2D eigenvalue weighted by Gasteiger charge is 2.20. The summed E-state index contributed by atoms with van der Waals surface area (Å²) >= 11 is 0. The van der Waals surface area contributed by atoms with E-state index in [0.29, 0.717) is 5.92 Å². The van der Waals surface area contributed by atoms with Crippen molar-refractivity contribution in [3.05, 3.63) is 11.7 Å². The first kappa shape index (κ1) is 14.5. The van der Waals surface area contributed by atoms with Crippen LogP contribution < -0.4 is 5.32 Å². The topological polar surface area (TPSA) is 54.2 Å². The molecule has 1 saturated heterocycles. The van der Waals surface area contributed by atoms with Gasteiger partial charge in [-0.05, 0) is 51.9 Å². The molecule has 0 aromatic carbocycles. The summed E-state index contributed by atoms with van der Waals surface area (Å²) in [5.41, 5.74) is 0. The van der Waals surface area contributed by atoms with Gasteiger partial charge in [-0.15, -0.1) is 0 Å². The van der Waals surface area contributed by atoms with Crippen molar-refractivity contribution in [3.63, 3.8) is 0 Å². The molecule has 19 heavy (non-hydrogen) atoms. The summed E-state index contributed by atoms with van der Waals surface area (Å²) in [5.74, 6) is 2.77. The van der Waals surface area contributed by atoms with Crippen LogP contribution in [0.15, 0.2) is 4.52 Å². The summed E-state index contributed by atoms with van der Waals surface area (Å²) in [6.07, 6.45) is 3.87. The van der Waals surface area contributed by atoms with E-state index in [4.69, 9.17) is 4.52 Å². The Balaban J connectivity index is 1.75. The molecule has 1 aliphatic heterocycles. The molecule has 0 amide bonds. The molecule has 0 atom stereocenters. The van der Waals surface area contributed by atoms with Gasteiger partial charge in [0.05, 0.1) is 6.54 Å². The van der Waals surface area contributed by atoms with E-state index in [1.807, 2.05) is 7.05 Å². The average molecular weight is 266 g/mol. The molecule has 0 radical (unpaired) electrons. The molecule has 5 nitrogen and oxygen atoms in total. The van der Waals surface area contributed by atoms with E-state index in [0.717, 1.165) is 43.8 Å². The minimum atomic E-state index is 0.313. The molecule has 2 heterocycles. The zero-order chi connectivity index (χ0) is 13.7. The van der Waals surface area contributed by atoms with Crippen LogP contribution in [0.3, 0.4) is 0 Å². The van der Waals surface area contributed by atoms with Crippen LogP contribution >= 0.6 is 0 Å². The van der Waals surface area contributed by atoms with E-state index >= 15 is 0 Å². The molecule has 0 unspecified atom stereocenters. The van der Waals surface area contributed by atoms with E-state index < -0.39 is 0 Å². The lowest BCUT2D eigenvalue weighted by molar-refractivity contribution is 0.167. The van der Waals surface area contributed by atoms with Crippen molar-refractivity contribution < 1.29 is 4.52 Å². The molecule has 5 heteroatoms. The van der Waals surface area contributed by atoms with Crippen LogP contribution in [-0.4, -0.2) is 41.7 Å². The minimum absolute atomic E-state index is 0.313. The standard InChI is InChI=1S/C14H26N4O/c1-11(2)14-16-13(17-19-14)10-18-8-5-12(6-9-18)4-7-15-3/h11-12,15H,4-10H2,1-3H3. The van der Waals surface area contributed by atoms with E-state index in [-0.39, 0.29) is 0 Å². The molecule has 1 aromatic rings. The second-order valence-electron chi connectivity index (χ2n) is 5.82. The Labute approximate surface area is 115 Å². The molecule has 1 aliphatic rings. The van der Waals surface area contributed by atoms with Crippen molar-refractivity contribution >= 4 is 0 Å². The number of rotatable bonds is 6. The van der Waals surface area contributed by atoms with Crippen molar-refractivity contribution in [2.75, 3.05) is 26.7 Å². The Kier molecular flexibility index (Phi) is 5.34. The van der Waals surface area contributed by atoms with Crippen molar-refractivity contribution in [1.82, 2.24) is 20.4 Å². The monoisotopic (exact) mass is 266 g/mol. The molecule has 1 fully saturated rings. The Morgan fingerprint density at radius 1 is 1.37 bits per heavy atom. The number of aromatic nitrogens is 2. The number of hydrogen-bond acceptors (Lipinski definition) is 5. The first-order valence-corrected chi connectivity index (χ1v) is 7.38. The maximum atomic E-state index is 5.25. The van der Waals surface area contributed by atoms with Gasteiger partial charge in [0.15, 0.2) is 5.82 Å². The number of likely N-dealkylation sites (tertiary alicyclic amines) is 1. The molecule has 0 aliphatic carbocycles. The van der Waals surface area contributed by atoms with Crippen molar-refractivity contribution in [3.8, 4) is 0 Å². The van der Waals surface area contributed by atoms with Crippen LogP contribution in [0.1, 0.15) is 50.7 Å². The minimum Gasteiger partial charge on any atom is -0.339 e. The fourth-order valence-corrected chi connectivity index (χ4v) is 2.55. The van der Waals surface area contributed by atoms with Gasteiger partial charge in [-0.25, -0.2) is 0 Å². The van der Waals surface area contributed by atoms with Crippen LogP contribution in [0, 0.1) is 5.92 Å². The highest BCUT2D eigenvalue weighted by Crippen LogP contribution is 2.21. The number of nitrogens with zero attached hydrogens (tertiary/aromatic N) is 3. The van der Waals surface area contributed by atoms with E-state index in [1.165, 1.54) is 19.3 Å². The number of nitrogens with one attached hydrogen (secondary N) is 1. The van der Waals surface area contributed by atoms with E-state index in [2.05, 4.69) is 34.2 Å². The third kappa shape index (κ3) is 4.28. The van der Waals surface area contributed by atoms with Gasteiger partial charge in [-0.3, -0.25) is 4.90 Å². The average Bonchev–Trinajstić information content (AvgIpc) is 2.87. The Hall–Kier alpha value is -0.940. The molecule has 108 valence electrons. The predicted octanol–water partition coefficient (Wildman–Crippen LogP) is 2.01. The zero-order valence-corrected chi connectivity index (χ0v) is 12.4. The maximum Gasteiger partial charge on any atom is 0.229 e. The maximum absolute atomic E-state index is 5.25. The second kappa shape index (κ2) is 7.01. The smallest absolute Gasteiger partial charge is 0.229 e. The fraction of sp³-hybridized carbons (Fsp3) is 0.857. The van der Waals surface area contributed by atoms with Crippen LogP contribution in [0.4, 0.5) is 0 Å². The van der Waals surface area contributed by atoms with Gasteiger partial charge in [0.2, 0.25) is 5.89 Å². The highest BCUT2D eigenvalue weighted by atomic mass is 16.5. The Morgan fingerprint density at radius 2 is 2.11 bits per heavy atom. The first-order chi connectivity index (χ1) is 9.19. The molecular weight excluding hydrogens is 240 g/mol. The highest BCUT2D eigenvalue weighted by molar-refractivity contribution is 4.91. The predicted molar refractivity (Wildman–Crippen MR) is 74.9 cm³/mol. The molecule has 2 rings (SSSR count). The summed E-state index contributed by atoms with van der Waals surface area (Å²) in [7, 11) is 2.03. The largest absolute Gasteiger partial charge is 0.339 e. The summed E-state index contributed by atoms with van der Waals surface area (Å²) in [5, 5.41) is 7.30. The first-order valence-electron chi connectivity index (χ1n) is 7.38. The molecular formula is C14H26N4O. The van der Waals surface area contributed by atoms with Crippen molar-refractivity contribution in [1.29, 1.82) is 0 Å². The summed E-state index contributed by atoms with van der Waals surface area (Å²) in [6, 6.07) is 0. The lowest BCUT2D eigenvalue weighted by Gasteiger charge is -2.31. The molecule has 0 saturated carbocycles. The number of piperidine rings is 1. The second-order valence-corrected chi connectivity index (χ2v) is 5.82. The quantitative estimate of drug-likeness (QED) is 0.853. The van der Waals surface area contributed by atoms with Gasteiger partial charge in [0.1, 0.15) is 0 Å².